The van der Waals surface area contributed by atoms with Crippen LogP contribution < -0.4 is 4.74 Å². The molecule has 1 aliphatic carbocycles. The van der Waals surface area contributed by atoms with E-state index in [0.29, 0.717) is 5.56 Å². The summed E-state index contributed by atoms with van der Waals surface area (Å²) in [5, 5.41) is 10.0. The summed E-state index contributed by atoms with van der Waals surface area (Å²) in [6.45, 7) is 0. The Labute approximate surface area is 101 Å². The number of methoxy groups -OCH3 is 1. The Hall–Kier alpha value is -1.35. The summed E-state index contributed by atoms with van der Waals surface area (Å²) < 4.78 is 5.04. The summed E-state index contributed by atoms with van der Waals surface area (Å²) in [6, 6.07) is 7.02. The van der Waals surface area contributed by atoms with E-state index in [4.69, 9.17) is 4.74 Å². The minimum atomic E-state index is -0.982. The minimum Gasteiger partial charge on any atom is -0.497 e. The Morgan fingerprint density at radius 3 is 2.41 bits per heavy atom. The van der Waals surface area contributed by atoms with Gasteiger partial charge in [-0.15, -0.1) is 0 Å². The molecule has 0 amide bonds. The highest BCUT2D eigenvalue weighted by atomic mass is 16.5. The van der Waals surface area contributed by atoms with Crippen molar-refractivity contribution in [2.24, 2.45) is 5.92 Å². The summed E-state index contributed by atoms with van der Waals surface area (Å²) in [7, 11) is 1.59. The third kappa shape index (κ3) is 2.67. The Bertz CT molecular complexity index is 377. The van der Waals surface area contributed by atoms with Crippen LogP contribution in [0, 0.1) is 5.92 Å². The van der Waals surface area contributed by atoms with Gasteiger partial charge in [0, 0.05) is 5.92 Å². The van der Waals surface area contributed by atoms with E-state index in [9.17, 15) is 9.90 Å². The fourth-order valence-electron chi connectivity index (χ4n) is 2.38. The first-order chi connectivity index (χ1) is 8.22. The summed E-state index contributed by atoms with van der Waals surface area (Å²) in [4.78, 5) is 12.0. The van der Waals surface area contributed by atoms with Gasteiger partial charge in [0.25, 0.3) is 0 Å². The van der Waals surface area contributed by atoms with Crippen LogP contribution in [0.4, 0.5) is 0 Å². The average molecular weight is 234 g/mol. The second kappa shape index (κ2) is 5.32. The number of rotatable bonds is 4. The molecule has 0 aliphatic heterocycles. The number of hydrogen-bond donors (Lipinski definition) is 1. The van der Waals surface area contributed by atoms with E-state index in [2.05, 4.69) is 0 Å². The third-order valence-corrected chi connectivity index (χ3v) is 3.46. The number of Topliss-reactive ketones (excluding diaryl/α,β-unsaturated/α-hetero) is 1. The molecule has 1 fully saturated rings. The van der Waals surface area contributed by atoms with Gasteiger partial charge in [-0.3, -0.25) is 4.79 Å². The number of aliphatic hydroxyl groups excluding tert-OH is 1. The van der Waals surface area contributed by atoms with Crippen molar-refractivity contribution in [2.45, 2.75) is 31.8 Å². The van der Waals surface area contributed by atoms with Crippen LogP contribution in [0.3, 0.4) is 0 Å². The molecule has 0 spiro atoms. The minimum absolute atomic E-state index is 0.0346. The van der Waals surface area contributed by atoms with Crippen molar-refractivity contribution in [1.29, 1.82) is 0 Å². The summed E-state index contributed by atoms with van der Waals surface area (Å²) in [5.41, 5.74) is 0.655. The van der Waals surface area contributed by atoms with Crippen LogP contribution in [0.2, 0.25) is 0 Å². The number of ketones is 1. The molecule has 2 rings (SSSR count). The monoisotopic (exact) mass is 234 g/mol. The van der Waals surface area contributed by atoms with Crippen LogP contribution in [0.1, 0.15) is 37.4 Å². The first kappa shape index (κ1) is 12.1. The van der Waals surface area contributed by atoms with Gasteiger partial charge in [-0.05, 0) is 30.5 Å². The van der Waals surface area contributed by atoms with Crippen LogP contribution in [-0.2, 0) is 4.79 Å². The first-order valence-electron chi connectivity index (χ1n) is 6.08. The highest BCUT2D eigenvalue weighted by Crippen LogP contribution is 2.30. The van der Waals surface area contributed by atoms with E-state index < -0.39 is 6.10 Å². The van der Waals surface area contributed by atoms with E-state index in [0.717, 1.165) is 31.4 Å². The Balaban J connectivity index is 2.07. The Kier molecular flexibility index (Phi) is 3.79. The van der Waals surface area contributed by atoms with E-state index in [1.54, 1.807) is 31.4 Å². The molecule has 92 valence electrons. The number of benzene rings is 1. The number of carbonyl (C=O) groups excluding carboxylic acids is 1. The lowest BCUT2D eigenvalue weighted by Crippen LogP contribution is -2.19. The van der Waals surface area contributed by atoms with Crippen molar-refractivity contribution in [3.8, 4) is 5.75 Å². The highest BCUT2D eigenvalue weighted by molar-refractivity contribution is 5.86. The standard InChI is InChI=1S/C14H18O3/c1-17-12-8-6-11(7-9-12)14(16)13(15)10-4-2-3-5-10/h6-10,14,16H,2-5H2,1H3. The van der Waals surface area contributed by atoms with Crippen LogP contribution in [0.25, 0.3) is 0 Å². The van der Waals surface area contributed by atoms with Gasteiger partial charge in [0.2, 0.25) is 0 Å². The predicted molar refractivity (Wildman–Crippen MR) is 64.9 cm³/mol. The third-order valence-electron chi connectivity index (χ3n) is 3.46. The molecule has 1 saturated carbocycles. The summed E-state index contributed by atoms with van der Waals surface area (Å²) in [5.74, 6) is 0.744. The zero-order valence-corrected chi connectivity index (χ0v) is 10.1. The molecule has 3 heteroatoms. The zero-order chi connectivity index (χ0) is 12.3. The Morgan fingerprint density at radius 2 is 1.88 bits per heavy atom. The number of ether oxygens (including phenoxy) is 1. The van der Waals surface area contributed by atoms with Gasteiger partial charge < -0.3 is 9.84 Å². The normalized spacial score (nSPS) is 18.0. The average Bonchev–Trinajstić information content (AvgIpc) is 2.91. The van der Waals surface area contributed by atoms with Crippen LogP contribution in [0.5, 0.6) is 5.75 Å². The van der Waals surface area contributed by atoms with Crippen molar-refractivity contribution >= 4 is 5.78 Å². The predicted octanol–water partition coefficient (Wildman–Crippen LogP) is 2.49. The molecular weight excluding hydrogens is 216 g/mol. The maximum atomic E-state index is 12.0. The number of aliphatic hydroxyl groups is 1. The molecule has 1 N–H and O–H groups in total. The second-order valence-electron chi connectivity index (χ2n) is 4.56. The first-order valence-corrected chi connectivity index (χ1v) is 6.08. The maximum absolute atomic E-state index is 12.0. The topological polar surface area (TPSA) is 46.5 Å². The van der Waals surface area contributed by atoms with Crippen molar-refractivity contribution < 1.29 is 14.6 Å². The van der Waals surface area contributed by atoms with Gasteiger partial charge in [0.15, 0.2) is 5.78 Å². The van der Waals surface area contributed by atoms with E-state index in [-0.39, 0.29) is 11.7 Å². The Morgan fingerprint density at radius 1 is 1.29 bits per heavy atom. The molecule has 1 aliphatic rings. The molecule has 1 aromatic rings. The highest BCUT2D eigenvalue weighted by Gasteiger charge is 2.28. The van der Waals surface area contributed by atoms with Crippen molar-refractivity contribution in [3.05, 3.63) is 29.8 Å². The van der Waals surface area contributed by atoms with Crippen molar-refractivity contribution in [3.63, 3.8) is 0 Å². The number of carbonyl (C=O) groups is 1. The molecule has 1 aromatic carbocycles. The number of hydrogen-bond acceptors (Lipinski definition) is 3. The van der Waals surface area contributed by atoms with Gasteiger partial charge in [-0.2, -0.15) is 0 Å². The molecule has 0 heterocycles. The van der Waals surface area contributed by atoms with Crippen LogP contribution in [-0.4, -0.2) is 18.0 Å². The van der Waals surface area contributed by atoms with E-state index in [1.165, 1.54) is 0 Å². The quantitative estimate of drug-likeness (QED) is 0.870. The lowest BCUT2D eigenvalue weighted by atomic mass is 9.94. The molecule has 0 radical (unpaired) electrons. The SMILES string of the molecule is COc1ccc(C(O)C(=O)C2CCCC2)cc1. The van der Waals surface area contributed by atoms with E-state index >= 15 is 0 Å². The molecular formula is C14H18O3. The van der Waals surface area contributed by atoms with E-state index in [1.807, 2.05) is 0 Å². The molecule has 17 heavy (non-hydrogen) atoms. The molecule has 0 saturated heterocycles. The van der Waals surface area contributed by atoms with Gasteiger partial charge in [0.1, 0.15) is 11.9 Å². The van der Waals surface area contributed by atoms with Gasteiger partial charge in [-0.25, -0.2) is 0 Å². The maximum Gasteiger partial charge on any atom is 0.168 e. The zero-order valence-electron chi connectivity index (χ0n) is 10.1. The molecule has 1 unspecified atom stereocenters. The van der Waals surface area contributed by atoms with Gasteiger partial charge in [-0.1, -0.05) is 25.0 Å². The van der Waals surface area contributed by atoms with Crippen LogP contribution >= 0.6 is 0 Å². The lowest BCUT2D eigenvalue weighted by Gasteiger charge is -2.14. The second-order valence-corrected chi connectivity index (χ2v) is 4.56. The molecule has 0 bridgehead atoms. The van der Waals surface area contributed by atoms with Gasteiger partial charge >= 0.3 is 0 Å². The fraction of sp³-hybridized carbons (Fsp3) is 0.500. The summed E-state index contributed by atoms with van der Waals surface area (Å²) >= 11 is 0. The van der Waals surface area contributed by atoms with Crippen molar-refractivity contribution in [2.75, 3.05) is 7.11 Å². The largest absolute Gasteiger partial charge is 0.497 e. The van der Waals surface area contributed by atoms with Gasteiger partial charge in [0.05, 0.1) is 7.11 Å². The van der Waals surface area contributed by atoms with Crippen LogP contribution in [0.15, 0.2) is 24.3 Å². The smallest absolute Gasteiger partial charge is 0.168 e. The molecule has 0 aromatic heterocycles. The molecule has 3 nitrogen and oxygen atoms in total. The molecule has 1 atom stereocenters. The lowest BCUT2D eigenvalue weighted by molar-refractivity contribution is -0.131. The van der Waals surface area contributed by atoms with Crippen molar-refractivity contribution in [1.82, 2.24) is 0 Å². The fourth-order valence-corrected chi connectivity index (χ4v) is 2.38. The summed E-state index contributed by atoms with van der Waals surface area (Å²) in [6.07, 6.45) is 3.07.